The number of nitrogens with two attached hydrogens (primary N) is 2. The number of phenols is 1. The van der Waals surface area contributed by atoms with Crippen LogP contribution in [0.1, 0.15) is 32.8 Å². The van der Waals surface area contributed by atoms with Crippen LogP contribution >= 0.6 is 0 Å². The summed E-state index contributed by atoms with van der Waals surface area (Å²) in [5.41, 5.74) is 13.4. The summed E-state index contributed by atoms with van der Waals surface area (Å²) >= 11 is 0. The number of aliphatic hydroxyl groups is 1. The average molecular weight is 274 g/mol. The van der Waals surface area contributed by atoms with Gasteiger partial charge in [-0.25, -0.2) is 0 Å². The predicted octanol–water partition coefficient (Wildman–Crippen LogP) is 2.74. The second-order valence-corrected chi connectivity index (χ2v) is 6.24. The van der Waals surface area contributed by atoms with Crippen LogP contribution in [0.25, 0.3) is 0 Å². The van der Waals surface area contributed by atoms with Crippen molar-refractivity contribution in [1.82, 2.24) is 0 Å². The van der Waals surface area contributed by atoms with Gasteiger partial charge in [-0.3, -0.25) is 0 Å². The van der Waals surface area contributed by atoms with Crippen molar-refractivity contribution < 1.29 is 10.2 Å². The number of rotatable bonds is 2. The number of nitrogen functional groups attached to an aromatic ring is 1. The normalized spacial score (nSPS) is 23.2. The molecule has 1 atom stereocenters. The number of anilines is 1. The molecule has 20 heavy (non-hydrogen) atoms. The van der Waals surface area contributed by atoms with Gasteiger partial charge in [0.1, 0.15) is 11.5 Å². The van der Waals surface area contributed by atoms with E-state index in [-0.39, 0.29) is 16.9 Å². The van der Waals surface area contributed by atoms with Gasteiger partial charge >= 0.3 is 0 Å². The van der Waals surface area contributed by atoms with Crippen molar-refractivity contribution in [2.45, 2.75) is 38.1 Å². The first kappa shape index (κ1) is 14.5. The zero-order valence-electron chi connectivity index (χ0n) is 12.1. The van der Waals surface area contributed by atoms with Crippen LogP contribution in [0.4, 0.5) is 5.69 Å². The largest absolute Gasteiger partial charge is 0.510 e. The van der Waals surface area contributed by atoms with Gasteiger partial charge in [-0.15, -0.1) is 0 Å². The van der Waals surface area contributed by atoms with E-state index in [0.717, 1.165) is 11.1 Å². The van der Waals surface area contributed by atoms with E-state index in [9.17, 15) is 10.2 Å². The van der Waals surface area contributed by atoms with Crippen molar-refractivity contribution in [2.75, 3.05) is 5.73 Å². The summed E-state index contributed by atoms with van der Waals surface area (Å²) < 4.78 is 0. The van der Waals surface area contributed by atoms with Crippen molar-refractivity contribution in [3.05, 3.63) is 47.2 Å². The van der Waals surface area contributed by atoms with Gasteiger partial charge in [0.25, 0.3) is 0 Å². The van der Waals surface area contributed by atoms with Crippen LogP contribution in [0, 0.1) is 0 Å². The summed E-state index contributed by atoms with van der Waals surface area (Å²) in [4.78, 5) is 0. The first-order valence-electron chi connectivity index (χ1n) is 6.63. The van der Waals surface area contributed by atoms with Crippen LogP contribution in [0.3, 0.4) is 0 Å². The van der Waals surface area contributed by atoms with Gasteiger partial charge in [0.15, 0.2) is 0 Å². The van der Waals surface area contributed by atoms with Crippen molar-refractivity contribution >= 4 is 5.69 Å². The quantitative estimate of drug-likeness (QED) is 0.493. The Morgan fingerprint density at radius 1 is 1.20 bits per heavy atom. The van der Waals surface area contributed by atoms with Crippen LogP contribution in [-0.2, 0) is 5.41 Å². The minimum absolute atomic E-state index is 0.0865. The Kier molecular flexibility index (Phi) is 3.30. The first-order chi connectivity index (χ1) is 9.14. The van der Waals surface area contributed by atoms with Gasteiger partial charge < -0.3 is 21.7 Å². The summed E-state index contributed by atoms with van der Waals surface area (Å²) in [7, 11) is 0. The molecule has 0 spiro atoms. The fourth-order valence-corrected chi connectivity index (χ4v) is 2.47. The Morgan fingerprint density at radius 2 is 1.85 bits per heavy atom. The van der Waals surface area contributed by atoms with Crippen molar-refractivity contribution in [2.24, 2.45) is 5.73 Å². The molecule has 1 aromatic rings. The Balaban J connectivity index is 2.43. The molecule has 4 nitrogen and oxygen atoms in total. The Bertz CT molecular complexity index is 598. The Labute approximate surface area is 119 Å². The fraction of sp³-hybridized carbons (Fsp3) is 0.375. The molecule has 0 saturated carbocycles. The topological polar surface area (TPSA) is 92.5 Å². The van der Waals surface area contributed by atoms with E-state index in [4.69, 9.17) is 11.5 Å². The maximum atomic E-state index is 9.81. The third kappa shape index (κ3) is 2.39. The van der Waals surface area contributed by atoms with Crippen LogP contribution in [0.2, 0.25) is 0 Å². The molecular weight excluding hydrogens is 252 g/mol. The van der Waals surface area contributed by atoms with Crippen LogP contribution < -0.4 is 11.5 Å². The number of aromatic hydroxyl groups is 1. The molecule has 2 rings (SSSR count). The molecule has 0 heterocycles. The Morgan fingerprint density at radius 3 is 2.40 bits per heavy atom. The van der Waals surface area contributed by atoms with Gasteiger partial charge in [0, 0.05) is 5.41 Å². The lowest BCUT2D eigenvalue weighted by molar-refractivity contribution is 0.296. The van der Waals surface area contributed by atoms with Gasteiger partial charge in [-0.1, -0.05) is 31.6 Å². The molecule has 0 saturated heterocycles. The average Bonchev–Trinajstić information content (AvgIpc) is 2.35. The van der Waals surface area contributed by atoms with Crippen molar-refractivity contribution in [3.8, 4) is 5.75 Å². The van der Waals surface area contributed by atoms with Gasteiger partial charge in [0.2, 0.25) is 0 Å². The lowest BCUT2D eigenvalue weighted by atomic mass is 9.71. The zero-order valence-corrected chi connectivity index (χ0v) is 12.1. The standard InChI is InChI=1S/C16H22N2O2/c1-15(2,10-4-6-13(19)12(17)8-10)11-5-7-14(20)16(3,18)9-11/h4-8,19-20H,9,17-18H2,1-3H3. The van der Waals surface area contributed by atoms with Crippen LogP contribution in [0.15, 0.2) is 41.7 Å². The van der Waals surface area contributed by atoms with E-state index >= 15 is 0 Å². The van der Waals surface area contributed by atoms with E-state index in [1.165, 1.54) is 0 Å². The molecule has 1 aliphatic carbocycles. The molecule has 1 aromatic carbocycles. The molecule has 0 aromatic heterocycles. The third-order valence-electron chi connectivity index (χ3n) is 4.14. The van der Waals surface area contributed by atoms with E-state index < -0.39 is 5.54 Å². The maximum Gasteiger partial charge on any atom is 0.138 e. The van der Waals surface area contributed by atoms with Crippen molar-refractivity contribution in [3.63, 3.8) is 0 Å². The summed E-state index contributed by atoms with van der Waals surface area (Å²) in [5.74, 6) is 0.283. The summed E-state index contributed by atoms with van der Waals surface area (Å²) in [6.45, 7) is 5.97. The molecule has 4 heteroatoms. The minimum atomic E-state index is -0.746. The van der Waals surface area contributed by atoms with E-state index in [2.05, 4.69) is 13.8 Å². The van der Waals surface area contributed by atoms with Crippen LogP contribution in [-0.4, -0.2) is 15.8 Å². The highest BCUT2D eigenvalue weighted by Gasteiger charge is 2.35. The number of benzene rings is 1. The van der Waals surface area contributed by atoms with Gasteiger partial charge in [-0.2, -0.15) is 0 Å². The van der Waals surface area contributed by atoms with Gasteiger partial charge in [0.05, 0.1) is 11.2 Å². The van der Waals surface area contributed by atoms with E-state index in [1.807, 2.05) is 19.1 Å². The summed E-state index contributed by atoms with van der Waals surface area (Å²) in [6.07, 6.45) is 4.14. The molecule has 0 aliphatic heterocycles. The SMILES string of the molecule is CC1(N)CC(C(C)(C)c2ccc(O)c(N)c2)=CC=C1O. The number of aliphatic hydroxyl groups excluding tert-OH is 1. The zero-order chi connectivity index (χ0) is 15.1. The minimum Gasteiger partial charge on any atom is -0.510 e. The molecule has 108 valence electrons. The molecule has 0 bridgehead atoms. The highest BCUT2D eigenvalue weighted by molar-refractivity contribution is 5.56. The van der Waals surface area contributed by atoms with Gasteiger partial charge in [-0.05, 0) is 37.1 Å². The summed E-state index contributed by atoms with van der Waals surface area (Å²) in [6, 6.07) is 5.24. The smallest absolute Gasteiger partial charge is 0.138 e. The highest BCUT2D eigenvalue weighted by Crippen LogP contribution is 2.40. The third-order valence-corrected chi connectivity index (χ3v) is 4.14. The molecule has 1 unspecified atom stereocenters. The summed E-state index contributed by atoms with van der Waals surface area (Å²) in [5, 5.41) is 19.3. The number of hydrogen-bond donors (Lipinski definition) is 4. The number of allylic oxidation sites excluding steroid dienone is 2. The number of phenolic OH excluding ortho intramolecular Hbond substituents is 1. The monoisotopic (exact) mass is 274 g/mol. The van der Waals surface area contributed by atoms with Crippen molar-refractivity contribution in [1.29, 1.82) is 0 Å². The fourth-order valence-electron chi connectivity index (χ4n) is 2.47. The highest BCUT2D eigenvalue weighted by atomic mass is 16.3. The molecule has 0 fully saturated rings. The molecule has 1 aliphatic rings. The number of hydrogen-bond acceptors (Lipinski definition) is 4. The molecular formula is C16H22N2O2. The second-order valence-electron chi connectivity index (χ2n) is 6.24. The van der Waals surface area contributed by atoms with Crippen LogP contribution in [0.5, 0.6) is 5.75 Å². The Hall–Kier alpha value is -1.94. The van der Waals surface area contributed by atoms with E-state index in [0.29, 0.717) is 12.1 Å². The molecule has 6 N–H and O–H groups in total. The lowest BCUT2D eigenvalue weighted by Gasteiger charge is -2.36. The lowest BCUT2D eigenvalue weighted by Crippen LogP contribution is -2.42. The molecule has 0 radical (unpaired) electrons. The predicted molar refractivity (Wildman–Crippen MR) is 81.5 cm³/mol. The molecule has 0 amide bonds. The second kappa shape index (κ2) is 4.56. The van der Waals surface area contributed by atoms with E-state index in [1.54, 1.807) is 18.2 Å². The first-order valence-corrected chi connectivity index (χ1v) is 6.63. The maximum absolute atomic E-state index is 9.81.